The fourth-order valence-electron chi connectivity index (χ4n) is 4.07. The maximum absolute atomic E-state index is 12.9. The molecule has 0 radical (unpaired) electrons. The van der Waals surface area contributed by atoms with E-state index in [4.69, 9.17) is 16.3 Å². The van der Waals surface area contributed by atoms with E-state index < -0.39 is 0 Å². The summed E-state index contributed by atoms with van der Waals surface area (Å²) in [4.78, 5) is 42.0. The molecule has 2 fully saturated rings. The van der Waals surface area contributed by atoms with Crippen LogP contribution in [-0.2, 0) is 9.53 Å². The molecule has 0 saturated carbocycles. The zero-order valence-corrected chi connectivity index (χ0v) is 18.5. The summed E-state index contributed by atoms with van der Waals surface area (Å²) in [6.45, 7) is 3.14. The molecule has 7 nitrogen and oxygen atoms in total. The summed E-state index contributed by atoms with van der Waals surface area (Å²) in [6, 6.07) is 13.9. The lowest BCUT2D eigenvalue weighted by Gasteiger charge is -2.31. The lowest BCUT2D eigenvalue weighted by molar-refractivity contribution is -0.121. The summed E-state index contributed by atoms with van der Waals surface area (Å²) in [6.07, 6.45) is 1.15. The van der Waals surface area contributed by atoms with Gasteiger partial charge in [0.05, 0.1) is 24.5 Å². The molecule has 0 unspecified atom stereocenters. The highest BCUT2D eigenvalue weighted by Crippen LogP contribution is 2.24. The van der Waals surface area contributed by atoms with E-state index in [1.165, 1.54) is 0 Å². The highest BCUT2D eigenvalue weighted by atomic mass is 35.5. The van der Waals surface area contributed by atoms with Crippen molar-refractivity contribution in [1.82, 2.24) is 9.80 Å². The van der Waals surface area contributed by atoms with Crippen molar-refractivity contribution in [3.8, 4) is 0 Å². The maximum Gasteiger partial charge on any atom is 0.256 e. The van der Waals surface area contributed by atoms with E-state index in [0.717, 1.165) is 0 Å². The summed E-state index contributed by atoms with van der Waals surface area (Å²) < 4.78 is 5.32. The number of piperidine rings is 1. The summed E-state index contributed by atoms with van der Waals surface area (Å²) >= 11 is 5.90. The molecule has 0 aromatic heterocycles. The highest BCUT2D eigenvalue weighted by molar-refractivity contribution is 6.30. The zero-order chi connectivity index (χ0) is 22.5. The lowest BCUT2D eigenvalue weighted by atomic mass is 9.95. The fourth-order valence-corrected chi connectivity index (χ4v) is 4.20. The first-order valence-electron chi connectivity index (χ1n) is 10.8. The van der Waals surface area contributed by atoms with Crippen LogP contribution < -0.4 is 5.32 Å². The highest BCUT2D eigenvalue weighted by Gasteiger charge is 2.29. The average molecular weight is 456 g/mol. The molecule has 168 valence electrons. The molecule has 0 spiro atoms. The van der Waals surface area contributed by atoms with Crippen LogP contribution in [-0.4, -0.2) is 66.9 Å². The molecule has 0 atom stereocenters. The second-order valence-corrected chi connectivity index (χ2v) is 8.45. The SMILES string of the molecule is O=C(Nc1ccccc1C(=O)N1CCOCC1)C1CCN(C(=O)c2ccc(Cl)cc2)CC1. The van der Waals surface area contributed by atoms with Crippen LogP contribution in [0, 0.1) is 5.92 Å². The van der Waals surface area contributed by atoms with Crippen molar-refractivity contribution < 1.29 is 19.1 Å². The van der Waals surface area contributed by atoms with E-state index >= 15 is 0 Å². The number of anilines is 1. The minimum absolute atomic E-state index is 0.0537. The van der Waals surface area contributed by atoms with Gasteiger partial charge in [0.25, 0.3) is 11.8 Å². The number of hydrogen-bond donors (Lipinski definition) is 1. The summed E-state index contributed by atoms with van der Waals surface area (Å²) in [5.74, 6) is -0.490. The fraction of sp³-hybridized carbons (Fsp3) is 0.375. The standard InChI is InChI=1S/C24H26ClN3O4/c25-19-7-5-18(6-8-19)23(30)27-11-9-17(10-12-27)22(29)26-21-4-2-1-3-20(21)24(31)28-13-15-32-16-14-28/h1-8,17H,9-16H2,(H,26,29). The van der Waals surface area contributed by atoms with Gasteiger partial charge in [-0.25, -0.2) is 0 Å². The van der Waals surface area contributed by atoms with Gasteiger partial charge >= 0.3 is 0 Å². The summed E-state index contributed by atoms with van der Waals surface area (Å²) in [7, 11) is 0. The largest absolute Gasteiger partial charge is 0.378 e. The number of carbonyl (C=O) groups excluding carboxylic acids is 3. The molecule has 1 N–H and O–H groups in total. The molecule has 0 aliphatic carbocycles. The van der Waals surface area contributed by atoms with Gasteiger partial charge in [0.2, 0.25) is 5.91 Å². The van der Waals surface area contributed by atoms with Crippen molar-refractivity contribution in [2.45, 2.75) is 12.8 Å². The topological polar surface area (TPSA) is 79.0 Å². The van der Waals surface area contributed by atoms with Crippen molar-refractivity contribution >= 4 is 35.0 Å². The van der Waals surface area contributed by atoms with Crippen molar-refractivity contribution in [2.24, 2.45) is 5.92 Å². The summed E-state index contributed by atoms with van der Waals surface area (Å²) in [5.41, 5.74) is 1.60. The van der Waals surface area contributed by atoms with Gasteiger partial charge in [-0.05, 0) is 49.2 Å². The minimum atomic E-state index is -0.212. The first-order valence-corrected chi connectivity index (χ1v) is 11.2. The Morgan fingerprint density at radius 2 is 1.47 bits per heavy atom. The Hall–Kier alpha value is -2.90. The molecular weight excluding hydrogens is 430 g/mol. The smallest absolute Gasteiger partial charge is 0.256 e. The van der Waals surface area contributed by atoms with Crippen molar-refractivity contribution in [2.75, 3.05) is 44.7 Å². The molecule has 0 bridgehead atoms. The predicted octanol–water partition coefficient (Wildman–Crippen LogP) is 3.30. The van der Waals surface area contributed by atoms with Crippen LogP contribution in [0.5, 0.6) is 0 Å². The number of rotatable bonds is 4. The molecule has 2 heterocycles. The number of nitrogens with zero attached hydrogens (tertiary/aromatic N) is 2. The van der Waals surface area contributed by atoms with Crippen LogP contribution in [0.15, 0.2) is 48.5 Å². The molecule has 8 heteroatoms. The van der Waals surface area contributed by atoms with E-state index in [0.29, 0.717) is 74.1 Å². The van der Waals surface area contributed by atoms with Crippen molar-refractivity contribution in [3.63, 3.8) is 0 Å². The van der Waals surface area contributed by atoms with Gasteiger partial charge in [-0.1, -0.05) is 23.7 Å². The van der Waals surface area contributed by atoms with Crippen LogP contribution in [0.4, 0.5) is 5.69 Å². The normalized spacial score (nSPS) is 17.2. The summed E-state index contributed by atoms with van der Waals surface area (Å²) in [5, 5.41) is 3.53. The lowest BCUT2D eigenvalue weighted by Crippen LogP contribution is -2.42. The minimum Gasteiger partial charge on any atom is -0.378 e. The van der Waals surface area contributed by atoms with E-state index in [-0.39, 0.29) is 23.6 Å². The second kappa shape index (κ2) is 10.1. The number of nitrogens with one attached hydrogen (secondary N) is 1. The Bertz CT molecular complexity index is 981. The second-order valence-electron chi connectivity index (χ2n) is 8.01. The van der Waals surface area contributed by atoms with Gasteiger partial charge in [-0.15, -0.1) is 0 Å². The van der Waals surface area contributed by atoms with Gasteiger partial charge in [0.15, 0.2) is 0 Å². The third kappa shape index (κ3) is 5.11. The van der Waals surface area contributed by atoms with Gasteiger partial charge < -0.3 is 19.9 Å². The molecule has 2 aliphatic heterocycles. The van der Waals surface area contributed by atoms with E-state index in [1.807, 2.05) is 0 Å². The molecule has 2 aromatic rings. The number of hydrogen-bond acceptors (Lipinski definition) is 4. The molecule has 3 amide bonds. The Balaban J connectivity index is 1.36. The van der Waals surface area contributed by atoms with Gasteiger partial charge in [-0.2, -0.15) is 0 Å². The first-order chi connectivity index (χ1) is 15.5. The predicted molar refractivity (Wildman–Crippen MR) is 122 cm³/mol. The number of carbonyl (C=O) groups is 3. The van der Waals surface area contributed by atoms with Gasteiger partial charge in [-0.3, -0.25) is 14.4 Å². The number of amides is 3. The van der Waals surface area contributed by atoms with Crippen LogP contribution in [0.25, 0.3) is 0 Å². The van der Waals surface area contributed by atoms with E-state index in [1.54, 1.807) is 58.3 Å². The molecular formula is C24H26ClN3O4. The third-order valence-corrected chi connectivity index (χ3v) is 6.21. The Morgan fingerprint density at radius 3 is 2.16 bits per heavy atom. The Kier molecular flexibility index (Phi) is 7.07. The van der Waals surface area contributed by atoms with Crippen LogP contribution in [0.3, 0.4) is 0 Å². The molecule has 2 saturated heterocycles. The Labute approximate surface area is 192 Å². The van der Waals surface area contributed by atoms with Crippen molar-refractivity contribution in [3.05, 3.63) is 64.7 Å². The first kappa shape index (κ1) is 22.3. The van der Waals surface area contributed by atoms with E-state index in [9.17, 15) is 14.4 Å². The van der Waals surface area contributed by atoms with Crippen LogP contribution >= 0.6 is 11.6 Å². The molecule has 2 aromatic carbocycles. The van der Waals surface area contributed by atoms with Gasteiger partial charge in [0, 0.05) is 42.7 Å². The number of benzene rings is 2. The van der Waals surface area contributed by atoms with E-state index in [2.05, 4.69) is 5.32 Å². The number of likely N-dealkylation sites (tertiary alicyclic amines) is 1. The van der Waals surface area contributed by atoms with Crippen LogP contribution in [0.2, 0.25) is 5.02 Å². The third-order valence-electron chi connectivity index (χ3n) is 5.96. The number of para-hydroxylation sites is 1. The quantitative estimate of drug-likeness (QED) is 0.767. The maximum atomic E-state index is 12.9. The van der Waals surface area contributed by atoms with Crippen molar-refractivity contribution in [1.29, 1.82) is 0 Å². The average Bonchev–Trinajstić information content (AvgIpc) is 2.84. The van der Waals surface area contributed by atoms with Gasteiger partial charge in [0.1, 0.15) is 0 Å². The van der Waals surface area contributed by atoms with Crippen LogP contribution in [0.1, 0.15) is 33.6 Å². The monoisotopic (exact) mass is 455 g/mol. The molecule has 2 aliphatic rings. The number of halogens is 1. The molecule has 32 heavy (non-hydrogen) atoms. The number of ether oxygens (including phenoxy) is 1. The molecule has 4 rings (SSSR count). The Morgan fingerprint density at radius 1 is 0.844 bits per heavy atom. The number of morpholine rings is 1. The zero-order valence-electron chi connectivity index (χ0n) is 17.8.